The number of hydrogen-bond donors (Lipinski definition) is 1. The Kier molecular flexibility index (Phi) is 7.55. The Morgan fingerprint density at radius 1 is 0.846 bits per heavy atom. The van der Waals surface area contributed by atoms with Crippen LogP contribution >= 0.6 is 0 Å². The Bertz CT molecular complexity index is 802. The first-order valence-electron chi connectivity index (χ1n) is 8.29. The molecule has 140 valence electrons. The normalized spacial score (nSPS) is 11.6. The van der Waals surface area contributed by atoms with Gasteiger partial charge in [0, 0.05) is 0 Å². The van der Waals surface area contributed by atoms with Crippen LogP contribution in [0.1, 0.15) is 19.8 Å². The number of hydrogen-bond acceptors (Lipinski definition) is 6. The van der Waals surface area contributed by atoms with E-state index in [-0.39, 0.29) is 6.61 Å². The molecule has 0 spiro atoms. The second kappa shape index (κ2) is 9.88. The molecule has 0 aromatic heterocycles. The highest BCUT2D eigenvalue weighted by molar-refractivity contribution is 7.85. The van der Waals surface area contributed by atoms with Gasteiger partial charge in [0.2, 0.25) is 0 Å². The van der Waals surface area contributed by atoms with Crippen LogP contribution in [0.15, 0.2) is 58.8 Å². The fourth-order valence-electron chi connectivity index (χ4n) is 1.93. The fourth-order valence-corrected chi connectivity index (χ4v) is 2.23. The highest BCUT2D eigenvalue weighted by Crippen LogP contribution is 2.23. The number of unbranched alkanes of at least 4 members (excludes halogenated alkanes) is 1. The minimum atomic E-state index is -4.02. The van der Waals surface area contributed by atoms with Crippen molar-refractivity contribution in [1.82, 2.24) is 0 Å². The van der Waals surface area contributed by atoms with E-state index in [0.29, 0.717) is 23.7 Å². The van der Waals surface area contributed by atoms with Gasteiger partial charge in [-0.25, -0.2) is 0 Å². The summed E-state index contributed by atoms with van der Waals surface area (Å²) in [5, 5.41) is 8.29. The standard InChI is InChI=1S/C18H22N2O5S/c1-2-3-12-24-17-8-4-15(5-9-17)19-20-16-6-10-18(11-7-16)25-13-14-26(21,22)23/h4-11H,2-3,12-14H2,1H3,(H,21,22,23). The molecule has 0 atom stereocenters. The van der Waals surface area contributed by atoms with Crippen molar-refractivity contribution in [2.45, 2.75) is 19.8 Å². The molecule has 1 N–H and O–H groups in total. The summed E-state index contributed by atoms with van der Waals surface area (Å²) in [6.45, 7) is 2.70. The van der Waals surface area contributed by atoms with Gasteiger partial charge in [-0.2, -0.15) is 18.6 Å². The van der Waals surface area contributed by atoms with Gasteiger partial charge in [0.25, 0.3) is 10.1 Å². The van der Waals surface area contributed by atoms with Crippen molar-refractivity contribution in [2.75, 3.05) is 19.0 Å². The Morgan fingerprint density at radius 3 is 1.73 bits per heavy atom. The largest absolute Gasteiger partial charge is 0.494 e. The molecule has 0 fully saturated rings. The zero-order valence-electron chi connectivity index (χ0n) is 14.5. The molecule has 26 heavy (non-hydrogen) atoms. The summed E-state index contributed by atoms with van der Waals surface area (Å²) in [5.74, 6) is 0.845. The molecule has 0 aliphatic carbocycles. The van der Waals surface area contributed by atoms with Gasteiger partial charge in [-0.3, -0.25) is 4.55 Å². The van der Waals surface area contributed by atoms with Crippen molar-refractivity contribution in [3.05, 3.63) is 48.5 Å². The van der Waals surface area contributed by atoms with Gasteiger partial charge >= 0.3 is 0 Å². The summed E-state index contributed by atoms with van der Waals surface area (Å²) in [7, 11) is -4.02. The second-order valence-corrected chi connectivity index (χ2v) is 7.10. The van der Waals surface area contributed by atoms with E-state index in [4.69, 9.17) is 14.0 Å². The SMILES string of the molecule is CCCCOc1ccc(N=Nc2ccc(OCCS(=O)(=O)O)cc2)cc1. The topological polar surface area (TPSA) is 97.6 Å². The van der Waals surface area contributed by atoms with Crippen LogP contribution in [0.25, 0.3) is 0 Å². The van der Waals surface area contributed by atoms with Crippen LogP contribution in [0.3, 0.4) is 0 Å². The van der Waals surface area contributed by atoms with Gasteiger partial charge < -0.3 is 9.47 Å². The maximum atomic E-state index is 10.6. The lowest BCUT2D eigenvalue weighted by Crippen LogP contribution is -2.12. The van der Waals surface area contributed by atoms with Crippen LogP contribution in [0, 0.1) is 0 Å². The molecule has 0 bridgehead atoms. The predicted octanol–water partition coefficient (Wildman–Crippen LogP) is 4.55. The van der Waals surface area contributed by atoms with Crippen molar-refractivity contribution in [3.63, 3.8) is 0 Å². The summed E-state index contributed by atoms with van der Waals surface area (Å²) in [4.78, 5) is 0. The molecule has 2 aromatic carbocycles. The Hall–Kier alpha value is -2.45. The van der Waals surface area contributed by atoms with E-state index in [0.717, 1.165) is 18.6 Å². The molecule has 0 amide bonds. The van der Waals surface area contributed by atoms with E-state index >= 15 is 0 Å². The lowest BCUT2D eigenvalue weighted by molar-refractivity contribution is 0.309. The zero-order chi connectivity index (χ0) is 18.8. The third kappa shape index (κ3) is 7.62. The zero-order valence-corrected chi connectivity index (χ0v) is 15.4. The van der Waals surface area contributed by atoms with Gasteiger partial charge in [-0.15, -0.1) is 0 Å². The Balaban J connectivity index is 1.85. The number of benzene rings is 2. The average Bonchev–Trinajstić information content (AvgIpc) is 2.61. The summed E-state index contributed by atoms with van der Waals surface area (Å²) >= 11 is 0. The fraction of sp³-hybridized carbons (Fsp3) is 0.333. The summed E-state index contributed by atoms with van der Waals surface area (Å²) in [5.41, 5.74) is 1.34. The first kappa shape index (κ1) is 19.9. The molecule has 0 radical (unpaired) electrons. The molecule has 0 aliphatic rings. The summed E-state index contributed by atoms with van der Waals surface area (Å²) in [6, 6.07) is 14.1. The van der Waals surface area contributed by atoms with E-state index in [1.807, 2.05) is 24.3 Å². The van der Waals surface area contributed by atoms with E-state index in [2.05, 4.69) is 17.2 Å². The minimum absolute atomic E-state index is 0.119. The highest BCUT2D eigenvalue weighted by Gasteiger charge is 2.04. The average molecular weight is 378 g/mol. The molecule has 0 heterocycles. The molecular weight excluding hydrogens is 356 g/mol. The van der Waals surface area contributed by atoms with Crippen LogP contribution < -0.4 is 9.47 Å². The van der Waals surface area contributed by atoms with Gasteiger partial charge in [0.05, 0.1) is 18.0 Å². The van der Waals surface area contributed by atoms with Gasteiger partial charge in [-0.05, 0) is 55.0 Å². The molecule has 0 unspecified atom stereocenters. The van der Waals surface area contributed by atoms with Crippen molar-refractivity contribution in [2.24, 2.45) is 10.2 Å². The Morgan fingerprint density at radius 2 is 1.31 bits per heavy atom. The van der Waals surface area contributed by atoms with Crippen LogP contribution in [0.5, 0.6) is 11.5 Å². The maximum absolute atomic E-state index is 10.6. The van der Waals surface area contributed by atoms with E-state index in [1.165, 1.54) is 0 Å². The monoisotopic (exact) mass is 378 g/mol. The molecule has 2 aromatic rings. The second-order valence-electron chi connectivity index (χ2n) is 5.52. The van der Waals surface area contributed by atoms with Crippen molar-refractivity contribution in [3.8, 4) is 11.5 Å². The predicted molar refractivity (Wildman–Crippen MR) is 99.4 cm³/mol. The summed E-state index contributed by atoms with van der Waals surface area (Å²) < 4.78 is 40.7. The maximum Gasteiger partial charge on any atom is 0.268 e. The van der Waals surface area contributed by atoms with Crippen molar-refractivity contribution >= 4 is 21.5 Å². The number of ether oxygens (including phenoxy) is 2. The number of rotatable bonds is 10. The highest BCUT2D eigenvalue weighted by atomic mass is 32.2. The molecular formula is C18H22N2O5S. The lowest BCUT2D eigenvalue weighted by atomic mass is 10.3. The first-order chi connectivity index (χ1) is 12.5. The van der Waals surface area contributed by atoms with Crippen molar-refractivity contribution in [1.29, 1.82) is 0 Å². The van der Waals surface area contributed by atoms with Crippen LogP contribution in [0.4, 0.5) is 11.4 Å². The summed E-state index contributed by atoms with van der Waals surface area (Å²) in [6.07, 6.45) is 2.12. The molecule has 2 rings (SSSR count). The quantitative estimate of drug-likeness (QED) is 0.372. The van der Waals surface area contributed by atoms with Gasteiger partial charge in [-0.1, -0.05) is 13.3 Å². The van der Waals surface area contributed by atoms with E-state index < -0.39 is 15.9 Å². The molecule has 0 saturated heterocycles. The van der Waals surface area contributed by atoms with Crippen LogP contribution in [-0.2, 0) is 10.1 Å². The molecule has 8 heteroatoms. The third-order valence-electron chi connectivity index (χ3n) is 3.33. The number of azo groups is 1. The first-order valence-corrected chi connectivity index (χ1v) is 9.90. The van der Waals surface area contributed by atoms with Gasteiger partial charge in [0.1, 0.15) is 23.9 Å². The molecule has 0 saturated carbocycles. The third-order valence-corrected chi connectivity index (χ3v) is 4.01. The van der Waals surface area contributed by atoms with E-state index in [9.17, 15) is 8.42 Å². The van der Waals surface area contributed by atoms with Crippen molar-refractivity contribution < 1.29 is 22.4 Å². The van der Waals surface area contributed by atoms with Gasteiger partial charge in [0.15, 0.2) is 0 Å². The number of nitrogens with zero attached hydrogens (tertiary/aromatic N) is 2. The van der Waals surface area contributed by atoms with E-state index in [1.54, 1.807) is 24.3 Å². The van der Waals surface area contributed by atoms with Crippen LogP contribution in [0.2, 0.25) is 0 Å². The minimum Gasteiger partial charge on any atom is -0.494 e. The molecule has 0 aliphatic heterocycles. The Labute approximate surface area is 153 Å². The molecule has 7 nitrogen and oxygen atoms in total. The van der Waals surface area contributed by atoms with Crippen LogP contribution in [-0.4, -0.2) is 31.9 Å². The lowest BCUT2D eigenvalue weighted by Gasteiger charge is -2.05. The smallest absolute Gasteiger partial charge is 0.268 e.